The van der Waals surface area contributed by atoms with E-state index in [0.29, 0.717) is 31.6 Å². The van der Waals surface area contributed by atoms with E-state index in [0.717, 1.165) is 16.9 Å². The number of benzene rings is 1. The Morgan fingerprint density at radius 2 is 2.04 bits per heavy atom. The van der Waals surface area contributed by atoms with E-state index >= 15 is 0 Å². The molecular weight excluding hydrogens is 330 g/mol. The molecule has 0 aliphatic carbocycles. The van der Waals surface area contributed by atoms with Crippen molar-refractivity contribution in [3.05, 3.63) is 60.0 Å². The molecule has 0 fully saturated rings. The summed E-state index contributed by atoms with van der Waals surface area (Å²) in [5, 5.41) is 13.9. The Labute approximate surface area is 150 Å². The molecule has 2 N–H and O–H groups in total. The number of nitrogens with one attached hydrogen (secondary N) is 2. The molecule has 1 aliphatic rings. The number of hydrogen-bond donors (Lipinski definition) is 2. The molecule has 0 spiro atoms. The third-order valence-electron chi connectivity index (χ3n) is 4.66. The Bertz CT molecular complexity index is 965. The molecule has 1 atom stereocenters. The summed E-state index contributed by atoms with van der Waals surface area (Å²) in [5.74, 6) is 0.396. The van der Waals surface area contributed by atoms with Crippen molar-refractivity contribution in [1.82, 2.24) is 19.9 Å². The van der Waals surface area contributed by atoms with Crippen LogP contribution in [0.2, 0.25) is 0 Å². The summed E-state index contributed by atoms with van der Waals surface area (Å²) in [6.07, 6.45) is 3.36. The maximum Gasteiger partial charge on any atom is 0.227 e. The molecule has 3 aromatic rings. The zero-order valence-electron chi connectivity index (χ0n) is 14.2. The number of amides is 2. The summed E-state index contributed by atoms with van der Waals surface area (Å²) < 4.78 is 1.84. The highest BCUT2D eigenvalue weighted by Crippen LogP contribution is 2.27. The number of carbonyl (C=O) groups is 2. The van der Waals surface area contributed by atoms with Gasteiger partial charge in [-0.3, -0.25) is 14.0 Å². The summed E-state index contributed by atoms with van der Waals surface area (Å²) in [7, 11) is 0. The van der Waals surface area contributed by atoms with Gasteiger partial charge in [-0.2, -0.15) is 0 Å². The van der Waals surface area contributed by atoms with E-state index in [4.69, 9.17) is 0 Å². The van der Waals surface area contributed by atoms with Crippen molar-refractivity contribution in [2.45, 2.75) is 25.8 Å². The van der Waals surface area contributed by atoms with Gasteiger partial charge in [0, 0.05) is 24.2 Å². The minimum Gasteiger partial charge on any atom is -0.349 e. The molecule has 7 nitrogen and oxygen atoms in total. The smallest absolute Gasteiger partial charge is 0.227 e. The molecule has 0 radical (unpaired) electrons. The molecule has 0 bridgehead atoms. The van der Waals surface area contributed by atoms with Gasteiger partial charge in [0.1, 0.15) is 0 Å². The SMILES string of the molecule is O=C(CCC1Cc2ccccc2NC1=O)NCc1nnc2ccccn12. The van der Waals surface area contributed by atoms with E-state index in [-0.39, 0.29) is 17.7 Å². The predicted molar refractivity (Wildman–Crippen MR) is 96.3 cm³/mol. The first-order valence-electron chi connectivity index (χ1n) is 8.65. The van der Waals surface area contributed by atoms with Gasteiger partial charge < -0.3 is 10.6 Å². The highest BCUT2D eigenvalue weighted by atomic mass is 16.2. The van der Waals surface area contributed by atoms with Crippen molar-refractivity contribution < 1.29 is 9.59 Å². The molecule has 1 aromatic carbocycles. The molecule has 0 saturated heterocycles. The Hall–Kier alpha value is -3.22. The van der Waals surface area contributed by atoms with E-state index in [1.807, 2.05) is 53.1 Å². The largest absolute Gasteiger partial charge is 0.349 e. The van der Waals surface area contributed by atoms with E-state index in [9.17, 15) is 9.59 Å². The van der Waals surface area contributed by atoms with Crippen LogP contribution in [0.5, 0.6) is 0 Å². The molecule has 4 rings (SSSR count). The molecule has 3 heterocycles. The molecule has 1 unspecified atom stereocenters. The lowest BCUT2D eigenvalue weighted by Crippen LogP contribution is -2.31. The van der Waals surface area contributed by atoms with Gasteiger partial charge in [0.05, 0.1) is 6.54 Å². The van der Waals surface area contributed by atoms with Crippen LogP contribution in [-0.4, -0.2) is 26.4 Å². The summed E-state index contributed by atoms with van der Waals surface area (Å²) in [6, 6.07) is 13.4. The predicted octanol–water partition coefficient (Wildman–Crippen LogP) is 1.94. The van der Waals surface area contributed by atoms with Crippen molar-refractivity contribution in [1.29, 1.82) is 0 Å². The van der Waals surface area contributed by atoms with Gasteiger partial charge in [0.25, 0.3) is 0 Å². The van der Waals surface area contributed by atoms with Crippen molar-refractivity contribution in [2.75, 3.05) is 5.32 Å². The van der Waals surface area contributed by atoms with Crippen LogP contribution in [0.4, 0.5) is 5.69 Å². The molecule has 26 heavy (non-hydrogen) atoms. The quantitative estimate of drug-likeness (QED) is 0.737. The summed E-state index contributed by atoms with van der Waals surface area (Å²) in [6.45, 7) is 0.309. The zero-order chi connectivity index (χ0) is 17.9. The lowest BCUT2D eigenvalue weighted by atomic mass is 9.89. The van der Waals surface area contributed by atoms with Crippen molar-refractivity contribution in [3.63, 3.8) is 0 Å². The molecule has 7 heteroatoms. The topological polar surface area (TPSA) is 88.4 Å². The Morgan fingerprint density at radius 1 is 1.19 bits per heavy atom. The minimum absolute atomic E-state index is 0.0139. The number of aromatic nitrogens is 3. The highest BCUT2D eigenvalue weighted by molar-refractivity contribution is 5.96. The molecular formula is C19H19N5O2. The maximum atomic E-state index is 12.2. The molecule has 132 valence electrons. The van der Waals surface area contributed by atoms with Crippen molar-refractivity contribution in [3.8, 4) is 0 Å². The van der Waals surface area contributed by atoms with E-state index in [1.165, 1.54) is 0 Å². The van der Waals surface area contributed by atoms with Crippen LogP contribution < -0.4 is 10.6 Å². The van der Waals surface area contributed by atoms with Crippen molar-refractivity contribution >= 4 is 23.1 Å². The first kappa shape index (κ1) is 16.3. The minimum atomic E-state index is -0.176. The first-order chi connectivity index (χ1) is 12.7. The van der Waals surface area contributed by atoms with Crippen LogP contribution >= 0.6 is 0 Å². The second-order valence-corrected chi connectivity index (χ2v) is 6.41. The third-order valence-corrected chi connectivity index (χ3v) is 4.66. The number of anilines is 1. The number of rotatable bonds is 5. The van der Waals surface area contributed by atoms with E-state index in [2.05, 4.69) is 20.8 Å². The van der Waals surface area contributed by atoms with Crippen LogP contribution in [0.3, 0.4) is 0 Å². The summed E-state index contributed by atoms with van der Waals surface area (Å²) in [4.78, 5) is 24.4. The average molecular weight is 349 g/mol. The fourth-order valence-corrected chi connectivity index (χ4v) is 3.23. The molecule has 1 aliphatic heterocycles. The number of hydrogen-bond acceptors (Lipinski definition) is 4. The number of pyridine rings is 1. The second kappa shape index (κ2) is 6.95. The molecule has 0 saturated carbocycles. The van der Waals surface area contributed by atoms with Crippen molar-refractivity contribution in [2.24, 2.45) is 5.92 Å². The monoisotopic (exact) mass is 349 g/mol. The Morgan fingerprint density at radius 3 is 2.96 bits per heavy atom. The summed E-state index contributed by atoms with van der Waals surface area (Å²) >= 11 is 0. The normalized spacial score (nSPS) is 16.2. The van der Waals surface area contributed by atoms with Crippen LogP contribution in [-0.2, 0) is 22.6 Å². The fraction of sp³-hybridized carbons (Fsp3) is 0.263. The van der Waals surface area contributed by atoms with Crippen LogP contribution in [0.1, 0.15) is 24.2 Å². The van der Waals surface area contributed by atoms with Gasteiger partial charge in [-0.1, -0.05) is 24.3 Å². The van der Waals surface area contributed by atoms with E-state index in [1.54, 1.807) is 0 Å². The maximum absolute atomic E-state index is 12.2. The Kier molecular flexibility index (Phi) is 4.35. The van der Waals surface area contributed by atoms with Gasteiger partial charge in [-0.25, -0.2) is 0 Å². The standard InChI is InChI=1S/C19H19N5O2/c25-18(20-12-17-23-22-16-7-3-4-10-24(16)17)9-8-14-11-13-5-1-2-6-15(13)21-19(14)26/h1-7,10,14H,8-9,11-12H2,(H,20,25)(H,21,26). The fourth-order valence-electron chi connectivity index (χ4n) is 3.23. The van der Waals surface area contributed by atoms with Gasteiger partial charge in [0.15, 0.2) is 11.5 Å². The third kappa shape index (κ3) is 3.28. The van der Waals surface area contributed by atoms with Gasteiger partial charge in [0.2, 0.25) is 11.8 Å². The lowest BCUT2D eigenvalue weighted by Gasteiger charge is -2.24. The van der Waals surface area contributed by atoms with Gasteiger partial charge in [-0.05, 0) is 36.6 Å². The zero-order valence-corrected chi connectivity index (χ0v) is 14.2. The number of carbonyl (C=O) groups excluding carboxylic acids is 2. The van der Waals surface area contributed by atoms with Gasteiger partial charge in [-0.15, -0.1) is 10.2 Å². The first-order valence-corrected chi connectivity index (χ1v) is 8.65. The lowest BCUT2D eigenvalue weighted by molar-refractivity contribution is -0.123. The molecule has 2 aromatic heterocycles. The van der Waals surface area contributed by atoms with Crippen LogP contribution in [0.25, 0.3) is 5.65 Å². The second-order valence-electron chi connectivity index (χ2n) is 6.41. The number of nitrogens with zero attached hydrogens (tertiary/aromatic N) is 3. The molecule has 2 amide bonds. The van der Waals surface area contributed by atoms with Crippen LogP contribution in [0, 0.1) is 5.92 Å². The van der Waals surface area contributed by atoms with Gasteiger partial charge >= 0.3 is 0 Å². The van der Waals surface area contributed by atoms with Crippen LogP contribution in [0.15, 0.2) is 48.7 Å². The van der Waals surface area contributed by atoms with E-state index < -0.39 is 0 Å². The number of fused-ring (bicyclic) bond motifs is 2. The Balaban J connectivity index is 1.31. The highest BCUT2D eigenvalue weighted by Gasteiger charge is 2.26. The average Bonchev–Trinajstić information content (AvgIpc) is 3.08. The summed E-state index contributed by atoms with van der Waals surface area (Å²) in [5.41, 5.74) is 2.73. The number of para-hydroxylation sites is 1.